The number of nitriles is 1. The molecule has 0 fully saturated rings. The fourth-order valence-electron chi connectivity index (χ4n) is 2.77. The molecule has 0 saturated heterocycles. The van der Waals surface area contributed by atoms with Crippen molar-refractivity contribution in [1.29, 1.82) is 5.26 Å². The van der Waals surface area contributed by atoms with Crippen LogP contribution in [-0.4, -0.2) is 20.8 Å². The topological polar surface area (TPSA) is 61.1 Å². The largest absolute Gasteiger partial charge is 0.481 e. The van der Waals surface area contributed by atoms with Gasteiger partial charge in [0, 0.05) is 16.1 Å². The third-order valence-electron chi connectivity index (χ3n) is 4.60. The van der Waals surface area contributed by atoms with Crippen LogP contribution in [0.4, 0.5) is 0 Å². The normalized spacial score (nSPS) is 13.0. The number of unbranched alkanes of at least 4 members (excludes halogenated alkanes) is 9. The smallest absolute Gasteiger partial charge is 0.303 e. The number of carboxylic acids is 1. The van der Waals surface area contributed by atoms with Crippen LogP contribution in [0.25, 0.3) is 0 Å². The van der Waals surface area contributed by atoms with E-state index >= 15 is 0 Å². The molecule has 0 aromatic heterocycles. The molecule has 0 aliphatic heterocycles. The lowest BCUT2D eigenvalue weighted by Gasteiger charge is -2.22. The molecule has 0 aliphatic carbocycles. The van der Waals surface area contributed by atoms with Crippen LogP contribution in [0.1, 0.15) is 97.3 Å². The van der Waals surface area contributed by atoms with Crippen LogP contribution >= 0.6 is 24.4 Å². The number of nitrogens with zero attached hydrogens (tertiary/aromatic N) is 1. The summed E-state index contributed by atoms with van der Waals surface area (Å²) in [6, 6.07) is 2.16. The summed E-state index contributed by atoms with van der Waals surface area (Å²) in [6.07, 6.45) is 13.5. The summed E-state index contributed by atoms with van der Waals surface area (Å²) in [5.41, 5.74) is -0.941. The lowest BCUT2D eigenvalue weighted by atomic mass is 9.81. The molecule has 0 bridgehead atoms. The van der Waals surface area contributed by atoms with Crippen molar-refractivity contribution in [2.75, 3.05) is 0 Å². The highest BCUT2D eigenvalue weighted by atomic mass is 32.1. The Hall–Kier alpha value is -0.860. The third-order valence-corrected chi connectivity index (χ3v) is 5.83. The minimum Gasteiger partial charge on any atom is -0.481 e. The zero-order chi connectivity index (χ0) is 19.1. The summed E-state index contributed by atoms with van der Waals surface area (Å²) in [4.78, 5) is 11.9. The van der Waals surface area contributed by atoms with Crippen LogP contribution in [0, 0.1) is 16.7 Å². The van der Waals surface area contributed by atoms with Crippen LogP contribution in [0.3, 0.4) is 0 Å². The fourth-order valence-corrected chi connectivity index (χ4v) is 3.39. The Kier molecular flexibility index (Phi) is 13.8. The van der Waals surface area contributed by atoms with Crippen LogP contribution < -0.4 is 0 Å². The predicted octanol–water partition coefficient (Wildman–Crippen LogP) is 6.43. The average molecular weight is 384 g/mol. The Morgan fingerprint density at radius 3 is 1.88 bits per heavy atom. The van der Waals surface area contributed by atoms with Gasteiger partial charge >= 0.3 is 5.97 Å². The first-order valence-electron chi connectivity index (χ1n) is 9.58. The van der Waals surface area contributed by atoms with E-state index in [4.69, 9.17) is 29.5 Å². The molecule has 0 aliphatic rings. The van der Waals surface area contributed by atoms with E-state index in [0.29, 0.717) is 9.73 Å². The molecule has 5 heteroatoms. The van der Waals surface area contributed by atoms with Gasteiger partial charge in [0.2, 0.25) is 0 Å². The molecule has 0 rings (SSSR count). The molecular weight excluding hydrogens is 350 g/mol. The molecule has 1 unspecified atom stereocenters. The van der Waals surface area contributed by atoms with Gasteiger partial charge < -0.3 is 5.11 Å². The van der Waals surface area contributed by atoms with Gasteiger partial charge in [0.25, 0.3) is 0 Å². The fraction of sp³-hybridized carbons (Fsp3) is 0.800. The van der Waals surface area contributed by atoms with Crippen molar-refractivity contribution >= 4 is 40.1 Å². The van der Waals surface area contributed by atoms with Gasteiger partial charge in [-0.3, -0.25) is 4.79 Å². The molecule has 142 valence electrons. The quantitative estimate of drug-likeness (QED) is 0.246. The number of aliphatic carboxylic acids is 1. The number of hydrogen-bond donors (Lipinski definition) is 1. The Morgan fingerprint density at radius 2 is 1.44 bits per heavy atom. The van der Waals surface area contributed by atoms with Crippen LogP contribution in [0.2, 0.25) is 0 Å². The van der Waals surface area contributed by atoms with Crippen LogP contribution in [-0.2, 0) is 4.79 Å². The van der Waals surface area contributed by atoms with E-state index in [1.54, 1.807) is 6.92 Å². The number of carbonyl (C=O) groups is 1. The molecule has 3 nitrogen and oxygen atoms in total. The van der Waals surface area contributed by atoms with Crippen molar-refractivity contribution in [2.24, 2.45) is 5.41 Å². The van der Waals surface area contributed by atoms with Crippen LogP contribution in [0.15, 0.2) is 0 Å². The van der Waals surface area contributed by atoms with Gasteiger partial charge in [0.15, 0.2) is 0 Å². The van der Waals surface area contributed by atoms with Gasteiger partial charge in [0.1, 0.15) is 0 Å². The second-order valence-electron chi connectivity index (χ2n) is 7.02. The Morgan fingerprint density at radius 1 is 0.960 bits per heavy atom. The highest BCUT2D eigenvalue weighted by molar-refractivity contribution is 7.89. The maximum atomic E-state index is 10.7. The standard InChI is InChI=1S/C20H33NO2S2/c1-3-4-5-6-7-8-9-10-11-12-13-17(24)19(25)20(2,16-21)15-14-18(22)23/h3-15H2,1-2H3,(H,22,23). The second-order valence-corrected chi connectivity index (χ2v) is 7.92. The zero-order valence-corrected chi connectivity index (χ0v) is 17.4. The molecule has 0 saturated carbocycles. The van der Waals surface area contributed by atoms with Gasteiger partial charge in [-0.05, 0) is 26.2 Å². The van der Waals surface area contributed by atoms with Crippen molar-refractivity contribution in [1.82, 2.24) is 0 Å². The highest BCUT2D eigenvalue weighted by Gasteiger charge is 2.32. The molecule has 0 amide bonds. The Labute approximate surface area is 164 Å². The van der Waals surface area contributed by atoms with Crippen LogP contribution in [0.5, 0.6) is 0 Å². The number of carboxylic acid groups (broad SMARTS) is 1. The van der Waals surface area contributed by atoms with Gasteiger partial charge in [-0.2, -0.15) is 5.26 Å². The average Bonchev–Trinajstić information content (AvgIpc) is 2.60. The molecule has 1 atom stereocenters. The molecule has 25 heavy (non-hydrogen) atoms. The van der Waals surface area contributed by atoms with Crippen molar-refractivity contribution in [3.8, 4) is 6.07 Å². The predicted molar refractivity (Wildman–Crippen MR) is 112 cm³/mol. The van der Waals surface area contributed by atoms with E-state index in [0.717, 1.165) is 19.3 Å². The van der Waals surface area contributed by atoms with Crippen molar-refractivity contribution in [3.05, 3.63) is 0 Å². The number of thiocarbonyl (C=S) groups is 2. The Bertz CT molecular complexity index is 471. The second kappa shape index (κ2) is 14.3. The summed E-state index contributed by atoms with van der Waals surface area (Å²) >= 11 is 10.8. The molecule has 0 radical (unpaired) electrons. The zero-order valence-electron chi connectivity index (χ0n) is 15.8. The van der Waals surface area contributed by atoms with E-state index in [1.165, 1.54) is 51.4 Å². The SMILES string of the molecule is CCCCCCCCCCCCC(=S)C(=S)C(C)(C#N)CCC(=O)O. The lowest BCUT2D eigenvalue weighted by molar-refractivity contribution is -0.137. The molecule has 0 aromatic carbocycles. The van der Waals surface area contributed by atoms with Crippen molar-refractivity contribution in [2.45, 2.75) is 97.3 Å². The van der Waals surface area contributed by atoms with E-state index in [-0.39, 0.29) is 12.8 Å². The molecule has 0 heterocycles. The summed E-state index contributed by atoms with van der Waals surface area (Å²) in [5, 5.41) is 18.2. The van der Waals surface area contributed by atoms with Gasteiger partial charge in [-0.1, -0.05) is 89.1 Å². The van der Waals surface area contributed by atoms with E-state index in [1.807, 2.05) is 0 Å². The third kappa shape index (κ3) is 11.4. The summed E-state index contributed by atoms with van der Waals surface area (Å²) < 4.78 is 0. The van der Waals surface area contributed by atoms with E-state index in [9.17, 15) is 10.1 Å². The molecule has 0 aromatic rings. The first-order chi connectivity index (χ1) is 11.9. The van der Waals surface area contributed by atoms with E-state index < -0.39 is 11.4 Å². The first kappa shape index (κ1) is 24.1. The molecular formula is C20H33NO2S2. The highest BCUT2D eigenvalue weighted by Crippen LogP contribution is 2.27. The first-order valence-corrected chi connectivity index (χ1v) is 10.4. The molecule has 1 N–H and O–H groups in total. The lowest BCUT2D eigenvalue weighted by Crippen LogP contribution is -2.31. The number of hydrogen-bond acceptors (Lipinski definition) is 4. The van der Waals surface area contributed by atoms with Crippen molar-refractivity contribution in [3.63, 3.8) is 0 Å². The van der Waals surface area contributed by atoms with Gasteiger partial charge in [-0.25, -0.2) is 0 Å². The minimum atomic E-state index is -0.941. The summed E-state index contributed by atoms with van der Waals surface area (Å²) in [6.45, 7) is 3.94. The summed E-state index contributed by atoms with van der Waals surface area (Å²) in [5.74, 6) is -0.912. The van der Waals surface area contributed by atoms with Gasteiger partial charge in [-0.15, -0.1) is 0 Å². The summed E-state index contributed by atoms with van der Waals surface area (Å²) in [7, 11) is 0. The van der Waals surface area contributed by atoms with Gasteiger partial charge in [0.05, 0.1) is 11.5 Å². The molecule has 0 spiro atoms. The maximum absolute atomic E-state index is 10.7. The van der Waals surface area contributed by atoms with Crippen molar-refractivity contribution < 1.29 is 9.90 Å². The Balaban J connectivity index is 3.92. The monoisotopic (exact) mass is 383 g/mol. The number of rotatable bonds is 16. The van der Waals surface area contributed by atoms with E-state index in [2.05, 4.69) is 13.0 Å². The maximum Gasteiger partial charge on any atom is 0.303 e. The minimum absolute atomic E-state index is 0.0644.